The Morgan fingerprint density at radius 2 is 1.57 bits per heavy atom. The van der Waals surface area contributed by atoms with Crippen molar-refractivity contribution >= 4 is 0 Å². The van der Waals surface area contributed by atoms with Crippen LogP contribution in [0.1, 0.15) is 51.9 Å². The average Bonchev–Trinajstić information content (AvgIpc) is 2.25. The van der Waals surface area contributed by atoms with Gasteiger partial charge in [-0.25, -0.2) is 0 Å². The van der Waals surface area contributed by atoms with E-state index in [0.29, 0.717) is 0 Å². The molecule has 1 aliphatic heterocycles. The van der Waals surface area contributed by atoms with Gasteiger partial charge in [0.2, 0.25) is 0 Å². The van der Waals surface area contributed by atoms with Crippen molar-refractivity contribution < 1.29 is 0 Å². The van der Waals surface area contributed by atoms with Gasteiger partial charge in [-0.05, 0) is 25.2 Å². The second kappa shape index (κ2) is 7.66. The summed E-state index contributed by atoms with van der Waals surface area (Å²) in [6, 6.07) is 0. The molecule has 0 aliphatic carbocycles. The highest BCUT2D eigenvalue weighted by Gasteiger charge is 1.96. The standard InChI is InChI=1S/C13H23N/c1-2-3-4-5-6-8-11-14-12-9-7-10-13-14/h9-10,12-13H,2-8,11H2,1H3. The van der Waals surface area contributed by atoms with Gasteiger partial charge in [0.15, 0.2) is 0 Å². The van der Waals surface area contributed by atoms with E-state index in [2.05, 4.69) is 36.4 Å². The molecule has 0 unspecified atom stereocenters. The van der Waals surface area contributed by atoms with E-state index >= 15 is 0 Å². The van der Waals surface area contributed by atoms with Crippen LogP contribution in [0.5, 0.6) is 0 Å². The lowest BCUT2D eigenvalue weighted by atomic mass is 10.1. The average molecular weight is 193 g/mol. The molecule has 14 heavy (non-hydrogen) atoms. The highest BCUT2D eigenvalue weighted by Crippen LogP contribution is 2.08. The molecule has 0 bridgehead atoms. The number of unbranched alkanes of at least 4 members (excludes halogenated alkanes) is 5. The van der Waals surface area contributed by atoms with Gasteiger partial charge in [-0.15, -0.1) is 0 Å². The molecule has 0 aromatic rings. The van der Waals surface area contributed by atoms with Crippen LogP contribution in [0.3, 0.4) is 0 Å². The third-order valence-corrected chi connectivity index (χ3v) is 2.64. The van der Waals surface area contributed by atoms with Crippen molar-refractivity contribution in [2.24, 2.45) is 0 Å². The van der Waals surface area contributed by atoms with Crippen LogP contribution in [-0.2, 0) is 0 Å². The Kier molecular flexibility index (Phi) is 6.21. The Balaban J connectivity index is 1.90. The number of hydrogen-bond acceptors (Lipinski definition) is 1. The Hall–Kier alpha value is -0.720. The van der Waals surface area contributed by atoms with Crippen LogP contribution in [-0.4, -0.2) is 11.4 Å². The first-order valence-electron chi connectivity index (χ1n) is 6.02. The summed E-state index contributed by atoms with van der Waals surface area (Å²) in [5.74, 6) is 0. The molecule has 0 amide bonds. The highest BCUT2D eigenvalue weighted by molar-refractivity contribution is 5.01. The van der Waals surface area contributed by atoms with Gasteiger partial charge in [-0.2, -0.15) is 0 Å². The van der Waals surface area contributed by atoms with Crippen LogP contribution >= 0.6 is 0 Å². The fourth-order valence-electron chi connectivity index (χ4n) is 1.74. The van der Waals surface area contributed by atoms with Gasteiger partial charge in [0.05, 0.1) is 0 Å². The van der Waals surface area contributed by atoms with E-state index in [0.717, 1.165) is 6.42 Å². The van der Waals surface area contributed by atoms with Crippen LogP contribution < -0.4 is 0 Å². The lowest BCUT2D eigenvalue weighted by Gasteiger charge is -2.17. The largest absolute Gasteiger partial charge is 0.355 e. The van der Waals surface area contributed by atoms with Crippen LogP contribution in [0.2, 0.25) is 0 Å². The smallest absolute Gasteiger partial charge is 0.0219 e. The van der Waals surface area contributed by atoms with Gasteiger partial charge in [0.25, 0.3) is 0 Å². The molecule has 0 spiro atoms. The summed E-state index contributed by atoms with van der Waals surface area (Å²) in [4.78, 5) is 2.29. The maximum Gasteiger partial charge on any atom is 0.0219 e. The molecule has 0 N–H and O–H groups in total. The molecule has 80 valence electrons. The van der Waals surface area contributed by atoms with Gasteiger partial charge in [-0.1, -0.05) is 51.2 Å². The van der Waals surface area contributed by atoms with Crippen molar-refractivity contribution in [2.75, 3.05) is 6.54 Å². The first-order chi connectivity index (χ1) is 6.93. The topological polar surface area (TPSA) is 3.24 Å². The summed E-state index contributed by atoms with van der Waals surface area (Å²) in [5, 5.41) is 0. The SMILES string of the molecule is CCCCCCCCN1C=CCC=C1. The van der Waals surface area contributed by atoms with E-state index < -0.39 is 0 Å². The third-order valence-electron chi connectivity index (χ3n) is 2.64. The van der Waals surface area contributed by atoms with Crippen molar-refractivity contribution in [1.82, 2.24) is 4.90 Å². The molecular weight excluding hydrogens is 170 g/mol. The molecule has 1 heteroatoms. The van der Waals surface area contributed by atoms with Crippen LogP contribution in [0.25, 0.3) is 0 Å². The molecular formula is C13H23N. The van der Waals surface area contributed by atoms with Crippen LogP contribution in [0.4, 0.5) is 0 Å². The Morgan fingerprint density at radius 1 is 0.929 bits per heavy atom. The van der Waals surface area contributed by atoms with E-state index in [1.54, 1.807) is 0 Å². The van der Waals surface area contributed by atoms with Crippen molar-refractivity contribution in [1.29, 1.82) is 0 Å². The molecule has 1 rings (SSSR count). The van der Waals surface area contributed by atoms with E-state index in [-0.39, 0.29) is 0 Å². The molecule has 0 saturated carbocycles. The third kappa shape index (κ3) is 5.11. The molecule has 0 atom stereocenters. The zero-order chi connectivity index (χ0) is 10.1. The minimum Gasteiger partial charge on any atom is -0.355 e. The number of hydrogen-bond donors (Lipinski definition) is 0. The molecule has 1 nitrogen and oxygen atoms in total. The minimum absolute atomic E-state index is 1.10. The van der Waals surface area contributed by atoms with Crippen molar-refractivity contribution in [2.45, 2.75) is 51.9 Å². The monoisotopic (exact) mass is 193 g/mol. The lowest BCUT2D eigenvalue weighted by molar-refractivity contribution is 0.461. The predicted octanol–water partition coefficient (Wildman–Crippen LogP) is 4.08. The predicted molar refractivity (Wildman–Crippen MR) is 63.0 cm³/mol. The Morgan fingerprint density at radius 3 is 2.29 bits per heavy atom. The molecule has 1 aliphatic rings. The van der Waals surface area contributed by atoms with Gasteiger partial charge < -0.3 is 4.90 Å². The Labute approximate surface area is 88.5 Å². The van der Waals surface area contributed by atoms with E-state index in [4.69, 9.17) is 0 Å². The fraction of sp³-hybridized carbons (Fsp3) is 0.692. The van der Waals surface area contributed by atoms with Crippen molar-refractivity contribution in [3.8, 4) is 0 Å². The quantitative estimate of drug-likeness (QED) is 0.551. The molecule has 0 aromatic carbocycles. The lowest BCUT2D eigenvalue weighted by Crippen LogP contribution is -2.12. The summed E-state index contributed by atoms with van der Waals surface area (Å²) in [5.41, 5.74) is 0. The maximum atomic E-state index is 2.29. The number of allylic oxidation sites excluding steroid dienone is 2. The zero-order valence-electron chi connectivity index (χ0n) is 9.41. The van der Waals surface area contributed by atoms with Gasteiger partial charge >= 0.3 is 0 Å². The van der Waals surface area contributed by atoms with E-state index in [9.17, 15) is 0 Å². The summed E-state index contributed by atoms with van der Waals surface area (Å²) in [6.45, 7) is 3.46. The van der Waals surface area contributed by atoms with Crippen LogP contribution in [0, 0.1) is 0 Å². The number of rotatable bonds is 7. The maximum absolute atomic E-state index is 2.29. The molecule has 0 aromatic heterocycles. The first kappa shape index (κ1) is 11.4. The van der Waals surface area contributed by atoms with E-state index in [1.165, 1.54) is 45.1 Å². The second-order valence-electron chi connectivity index (χ2n) is 4.01. The normalized spacial score (nSPS) is 15.1. The van der Waals surface area contributed by atoms with Crippen molar-refractivity contribution in [3.63, 3.8) is 0 Å². The van der Waals surface area contributed by atoms with Crippen LogP contribution in [0.15, 0.2) is 24.6 Å². The molecule has 0 fully saturated rings. The number of nitrogens with zero attached hydrogens (tertiary/aromatic N) is 1. The molecule has 1 heterocycles. The minimum atomic E-state index is 1.10. The van der Waals surface area contributed by atoms with Gasteiger partial charge in [-0.3, -0.25) is 0 Å². The Bertz CT molecular complexity index is 170. The van der Waals surface area contributed by atoms with E-state index in [1.807, 2.05) is 0 Å². The summed E-state index contributed by atoms with van der Waals surface area (Å²) in [7, 11) is 0. The summed E-state index contributed by atoms with van der Waals surface area (Å²) < 4.78 is 0. The van der Waals surface area contributed by atoms with Gasteiger partial charge in [0.1, 0.15) is 0 Å². The molecule has 0 saturated heterocycles. The zero-order valence-corrected chi connectivity index (χ0v) is 9.41. The van der Waals surface area contributed by atoms with Crippen molar-refractivity contribution in [3.05, 3.63) is 24.6 Å². The molecule has 0 radical (unpaired) electrons. The first-order valence-corrected chi connectivity index (χ1v) is 6.02. The summed E-state index contributed by atoms with van der Waals surface area (Å²) in [6.07, 6.45) is 18.2. The fourth-order valence-corrected chi connectivity index (χ4v) is 1.74. The highest BCUT2D eigenvalue weighted by atomic mass is 15.1. The summed E-state index contributed by atoms with van der Waals surface area (Å²) >= 11 is 0. The van der Waals surface area contributed by atoms with Gasteiger partial charge in [0, 0.05) is 6.54 Å². The second-order valence-corrected chi connectivity index (χ2v) is 4.01.